The van der Waals surface area contributed by atoms with Crippen molar-refractivity contribution < 1.29 is 4.79 Å². The maximum absolute atomic E-state index is 12.5. The summed E-state index contributed by atoms with van der Waals surface area (Å²) in [6.45, 7) is 7.87. The maximum atomic E-state index is 12.5. The average Bonchev–Trinajstić information content (AvgIpc) is 2.88. The minimum atomic E-state index is -0.253. The van der Waals surface area contributed by atoms with Gasteiger partial charge >= 0.3 is 0 Å². The van der Waals surface area contributed by atoms with Crippen molar-refractivity contribution in [3.05, 3.63) is 70.5 Å². The molecule has 0 aliphatic carbocycles. The Morgan fingerprint density at radius 3 is 2.33 bits per heavy atom. The average molecular weight is 320 g/mol. The number of carbonyl (C=O) groups excluding carboxylic acids is 1. The molecule has 0 fully saturated rings. The zero-order valence-corrected chi connectivity index (χ0v) is 14.3. The number of aromatic nitrogens is 3. The highest BCUT2D eigenvalue weighted by molar-refractivity contribution is 6.03. The molecule has 5 nitrogen and oxygen atoms in total. The fraction of sp³-hybridized carbons (Fsp3) is 0.211. The van der Waals surface area contributed by atoms with Crippen LogP contribution >= 0.6 is 0 Å². The summed E-state index contributed by atoms with van der Waals surface area (Å²) in [4.78, 5) is 12.5. The summed E-state index contributed by atoms with van der Waals surface area (Å²) in [7, 11) is 0. The second kappa shape index (κ2) is 6.28. The zero-order valence-electron chi connectivity index (χ0n) is 14.3. The normalized spacial score (nSPS) is 10.7. The molecule has 5 heteroatoms. The molecule has 0 spiro atoms. The summed E-state index contributed by atoms with van der Waals surface area (Å²) < 4.78 is 1.68. The van der Waals surface area contributed by atoms with E-state index in [0.29, 0.717) is 11.4 Å². The number of aryl methyl sites for hydroxylation is 3. The number of amides is 1. The Bertz CT molecular complexity index is 891. The predicted octanol–water partition coefficient (Wildman–Crippen LogP) is 3.75. The second-order valence-corrected chi connectivity index (χ2v) is 6.10. The van der Waals surface area contributed by atoms with Crippen molar-refractivity contribution in [3.8, 4) is 5.69 Å². The molecule has 2 aromatic carbocycles. The van der Waals surface area contributed by atoms with Crippen LogP contribution in [0.25, 0.3) is 5.69 Å². The molecule has 1 amide bonds. The Labute approximate surface area is 141 Å². The van der Waals surface area contributed by atoms with Gasteiger partial charge in [0.15, 0.2) is 5.69 Å². The molecule has 1 aromatic heterocycles. The third-order valence-electron chi connectivity index (χ3n) is 3.84. The molecular weight excluding hydrogens is 300 g/mol. The molecule has 1 N–H and O–H groups in total. The number of benzene rings is 2. The third kappa shape index (κ3) is 3.20. The molecular formula is C19H20N4O. The van der Waals surface area contributed by atoms with Crippen LogP contribution in [0, 0.1) is 27.7 Å². The van der Waals surface area contributed by atoms with Crippen LogP contribution in [0.1, 0.15) is 32.9 Å². The molecule has 0 aliphatic rings. The summed E-state index contributed by atoms with van der Waals surface area (Å²) in [5, 5.41) is 11.1. The maximum Gasteiger partial charge on any atom is 0.278 e. The molecule has 3 aromatic rings. The Morgan fingerprint density at radius 1 is 0.958 bits per heavy atom. The lowest BCUT2D eigenvalue weighted by Gasteiger charge is -2.07. The monoisotopic (exact) mass is 320 g/mol. The number of carbonyl (C=O) groups is 1. The van der Waals surface area contributed by atoms with Crippen molar-refractivity contribution in [2.45, 2.75) is 27.7 Å². The summed E-state index contributed by atoms with van der Waals surface area (Å²) in [5.74, 6) is -0.253. The van der Waals surface area contributed by atoms with Crippen LogP contribution < -0.4 is 5.32 Å². The molecule has 0 aliphatic heterocycles. The lowest BCUT2D eigenvalue weighted by atomic mass is 10.1. The Hall–Kier alpha value is -2.95. The van der Waals surface area contributed by atoms with Gasteiger partial charge in [-0.25, -0.2) is 4.68 Å². The topological polar surface area (TPSA) is 59.8 Å². The number of nitrogens with zero attached hydrogens (tertiary/aromatic N) is 3. The second-order valence-electron chi connectivity index (χ2n) is 6.10. The van der Waals surface area contributed by atoms with Crippen LogP contribution in [0.3, 0.4) is 0 Å². The number of hydrogen-bond donors (Lipinski definition) is 1. The van der Waals surface area contributed by atoms with Gasteiger partial charge in [0.05, 0.1) is 11.4 Å². The largest absolute Gasteiger partial charge is 0.321 e. The third-order valence-corrected chi connectivity index (χ3v) is 3.84. The minimum Gasteiger partial charge on any atom is -0.321 e. The van der Waals surface area contributed by atoms with E-state index in [0.717, 1.165) is 28.1 Å². The fourth-order valence-corrected chi connectivity index (χ4v) is 2.78. The van der Waals surface area contributed by atoms with E-state index in [4.69, 9.17) is 0 Å². The van der Waals surface area contributed by atoms with Gasteiger partial charge in [0.25, 0.3) is 5.91 Å². The van der Waals surface area contributed by atoms with Gasteiger partial charge in [-0.05, 0) is 68.7 Å². The lowest BCUT2D eigenvalue weighted by Crippen LogP contribution is -2.14. The first-order valence-corrected chi connectivity index (χ1v) is 7.83. The molecule has 24 heavy (non-hydrogen) atoms. The number of anilines is 1. The number of nitrogens with one attached hydrogen (secondary N) is 1. The first kappa shape index (κ1) is 15.9. The van der Waals surface area contributed by atoms with Crippen LogP contribution in [0.15, 0.2) is 42.5 Å². The summed E-state index contributed by atoms with van der Waals surface area (Å²) in [6.07, 6.45) is 0. The SMILES string of the molecule is Cc1cc(C)cc(NC(=O)c2nnn(-c3cccc(C)c3)c2C)c1. The van der Waals surface area contributed by atoms with Crippen LogP contribution in [-0.2, 0) is 0 Å². The standard InChI is InChI=1S/C19H20N4O/c1-12-6-5-7-17(11-12)23-15(4)18(21-22-23)19(24)20-16-9-13(2)8-14(3)10-16/h5-11H,1-4H3,(H,20,24). The van der Waals surface area contributed by atoms with Gasteiger partial charge in [-0.2, -0.15) is 0 Å². The van der Waals surface area contributed by atoms with Crippen molar-refractivity contribution in [2.75, 3.05) is 5.32 Å². The van der Waals surface area contributed by atoms with E-state index in [1.807, 2.05) is 64.1 Å². The minimum absolute atomic E-state index is 0.253. The van der Waals surface area contributed by atoms with Crippen LogP contribution in [0.5, 0.6) is 0 Å². The van der Waals surface area contributed by atoms with Gasteiger partial charge in [0, 0.05) is 5.69 Å². The highest BCUT2D eigenvalue weighted by Crippen LogP contribution is 2.17. The molecule has 0 radical (unpaired) electrons. The van der Waals surface area contributed by atoms with E-state index in [2.05, 4.69) is 21.7 Å². The first-order valence-electron chi connectivity index (χ1n) is 7.83. The van der Waals surface area contributed by atoms with Crippen molar-refractivity contribution >= 4 is 11.6 Å². The van der Waals surface area contributed by atoms with E-state index in [1.165, 1.54) is 0 Å². The molecule has 0 atom stereocenters. The van der Waals surface area contributed by atoms with Crippen LogP contribution in [0.2, 0.25) is 0 Å². The summed E-state index contributed by atoms with van der Waals surface area (Å²) >= 11 is 0. The Kier molecular flexibility index (Phi) is 4.16. The van der Waals surface area contributed by atoms with Gasteiger partial charge in [-0.15, -0.1) is 5.10 Å². The summed E-state index contributed by atoms with van der Waals surface area (Å²) in [5.41, 5.74) is 6.03. The molecule has 122 valence electrons. The molecule has 0 saturated heterocycles. The Balaban J connectivity index is 1.89. The van der Waals surface area contributed by atoms with Gasteiger partial charge in [0.1, 0.15) is 0 Å². The van der Waals surface area contributed by atoms with Crippen LogP contribution in [-0.4, -0.2) is 20.9 Å². The van der Waals surface area contributed by atoms with Crippen molar-refractivity contribution in [1.82, 2.24) is 15.0 Å². The van der Waals surface area contributed by atoms with Gasteiger partial charge < -0.3 is 5.32 Å². The van der Waals surface area contributed by atoms with E-state index in [1.54, 1.807) is 4.68 Å². The molecule has 0 unspecified atom stereocenters. The van der Waals surface area contributed by atoms with Gasteiger partial charge in [-0.1, -0.05) is 23.4 Å². The van der Waals surface area contributed by atoms with Crippen molar-refractivity contribution in [2.24, 2.45) is 0 Å². The Morgan fingerprint density at radius 2 is 1.67 bits per heavy atom. The highest BCUT2D eigenvalue weighted by Gasteiger charge is 2.17. The molecule has 0 saturated carbocycles. The zero-order chi connectivity index (χ0) is 17.3. The highest BCUT2D eigenvalue weighted by atomic mass is 16.2. The smallest absolute Gasteiger partial charge is 0.278 e. The van der Waals surface area contributed by atoms with E-state index < -0.39 is 0 Å². The molecule has 3 rings (SSSR count). The number of hydrogen-bond acceptors (Lipinski definition) is 3. The van der Waals surface area contributed by atoms with E-state index in [9.17, 15) is 4.79 Å². The molecule has 0 bridgehead atoms. The van der Waals surface area contributed by atoms with Crippen LogP contribution in [0.4, 0.5) is 5.69 Å². The first-order chi connectivity index (χ1) is 11.4. The van der Waals surface area contributed by atoms with Crippen molar-refractivity contribution in [3.63, 3.8) is 0 Å². The predicted molar refractivity (Wildman–Crippen MR) is 94.7 cm³/mol. The summed E-state index contributed by atoms with van der Waals surface area (Å²) in [6, 6.07) is 13.9. The van der Waals surface area contributed by atoms with Gasteiger partial charge in [-0.3, -0.25) is 4.79 Å². The fourth-order valence-electron chi connectivity index (χ4n) is 2.78. The number of rotatable bonds is 3. The lowest BCUT2D eigenvalue weighted by molar-refractivity contribution is 0.102. The van der Waals surface area contributed by atoms with Crippen molar-refractivity contribution in [1.29, 1.82) is 0 Å². The molecule has 1 heterocycles. The quantitative estimate of drug-likeness (QED) is 0.799. The van der Waals surface area contributed by atoms with Gasteiger partial charge in [0.2, 0.25) is 0 Å². The van der Waals surface area contributed by atoms with E-state index >= 15 is 0 Å². The van der Waals surface area contributed by atoms with E-state index in [-0.39, 0.29) is 5.91 Å².